The van der Waals surface area contributed by atoms with Crippen LogP contribution in [0.2, 0.25) is 5.15 Å². The summed E-state index contributed by atoms with van der Waals surface area (Å²) in [4.78, 5) is 3.65. The molecule has 68 valence electrons. The summed E-state index contributed by atoms with van der Waals surface area (Å²) in [5, 5.41) is 4.01. The molecule has 2 aromatic heterocycles. The average molecular weight is 204 g/mol. The normalized spacial score (nSPS) is 11.4. The molecule has 0 N–H and O–H groups in total. The van der Waals surface area contributed by atoms with Gasteiger partial charge in [-0.3, -0.25) is 0 Å². The van der Waals surface area contributed by atoms with Crippen molar-refractivity contribution in [3.05, 3.63) is 29.2 Å². The minimum Gasteiger partial charge on any atom is -0.226 e. The maximum Gasteiger partial charge on any atom is 0.281 e. The van der Waals surface area contributed by atoms with Crippen molar-refractivity contribution in [2.45, 2.75) is 6.43 Å². The quantitative estimate of drug-likeness (QED) is 0.712. The second-order valence-electron chi connectivity index (χ2n) is 2.43. The molecule has 0 bridgehead atoms. The van der Waals surface area contributed by atoms with Crippen LogP contribution >= 0.6 is 11.6 Å². The molecule has 0 aliphatic rings. The molecule has 0 unspecified atom stereocenters. The number of aromatic nitrogens is 3. The van der Waals surface area contributed by atoms with E-state index in [1.165, 1.54) is 16.6 Å². The third-order valence-electron chi connectivity index (χ3n) is 1.53. The molecule has 0 aromatic carbocycles. The highest BCUT2D eigenvalue weighted by molar-refractivity contribution is 6.29. The maximum atomic E-state index is 12.2. The molecule has 0 radical (unpaired) electrons. The van der Waals surface area contributed by atoms with Crippen LogP contribution in [0.5, 0.6) is 0 Å². The summed E-state index contributed by atoms with van der Waals surface area (Å²) in [7, 11) is 0. The first-order chi connectivity index (χ1) is 6.16. The smallest absolute Gasteiger partial charge is 0.226 e. The van der Waals surface area contributed by atoms with Crippen LogP contribution in [0.15, 0.2) is 18.3 Å². The van der Waals surface area contributed by atoms with Gasteiger partial charge >= 0.3 is 0 Å². The van der Waals surface area contributed by atoms with Gasteiger partial charge in [0.05, 0.1) is 6.20 Å². The minimum absolute atomic E-state index is 0.241. The van der Waals surface area contributed by atoms with Crippen LogP contribution in [0.1, 0.15) is 12.1 Å². The standard InChI is InChI=1S/C7H4ClF2N3/c8-5-1-2-6-11-4(7(9)10)3-13(6)12-5/h1-3,7H. The van der Waals surface area contributed by atoms with Crippen LogP contribution in [0, 0.1) is 0 Å². The van der Waals surface area contributed by atoms with Gasteiger partial charge in [-0.1, -0.05) is 11.6 Å². The highest BCUT2D eigenvalue weighted by atomic mass is 35.5. The van der Waals surface area contributed by atoms with Gasteiger partial charge in [-0.05, 0) is 12.1 Å². The first-order valence-electron chi connectivity index (χ1n) is 3.47. The van der Waals surface area contributed by atoms with Crippen LogP contribution in [0.25, 0.3) is 5.65 Å². The molecule has 0 saturated heterocycles. The predicted octanol–water partition coefficient (Wildman–Crippen LogP) is 2.32. The summed E-state index contributed by atoms with van der Waals surface area (Å²) in [6, 6.07) is 3.03. The van der Waals surface area contributed by atoms with E-state index in [0.29, 0.717) is 5.65 Å². The Kier molecular flexibility index (Phi) is 1.88. The SMILES string of the molecule is FC(F)c1cn2nc(Cl)ccc2n1. The van der Waals surface area contributed by atoms with Crippen molar-refractivity contribution in [3.63, 3.8) is 0 Å². The molecule has 0 atom stereocenters. The van der Waals surface area contributed by atoms with Gasteiger partial charge in [-0.15, -0.1) is 0 Å². The van der Waals surface area contributed by atoms with Crippen LogP contribution in [-0.4, -0.2) is 14.6 Å². The van der Waals surface area contributed by atoms with Crippen molar-refractivity contribution >= 4 is 17.2 Å². The molecule has 2 rings (SSSR count). The molecule has 0 aliphatic carbocycles. The molecule has 0 saturated carbocycles. The zero-order valence-electron chi connectivity index (χ0n) is 6.28. The summed E-state index contributed by atoms with van der Waals surface area (Å²) in [6.07, 6.45) is -1.42. The number of fused-ring (bicyclic) bond motifs is 1. The van der Waals surface area contributed by atoms with E-state index in [1.54, 1.807) is 0 Å². The number of rotatable bonds is 1. The molecule has 0 fully saturated rings. The van der Waals surface area contributed by atoms with E-state index >= 15 is 0 Å². The second kappa shape index (κ2) is 2.92. The molecule has 2 heterocycles. The zero-order valence-corrected chi connectivity index (χ0v) is 7.04. The number of alkyl halides is 2. The van der Waals surface area contributed by atoms with Crippen molar-refractivity contribution in [2.75, 3.05) is 0 Å². The number of hydrogen-bond donors (Lipinski definition) is 0. The van der Waals surface area contributed by atoms with Crippen molar-refractivity contribution in [1.82, 2.24) is 14.6 Å². The lowest BCUT2D eigenvalue weighted by Crippen LogP contribution is -1.88. The Morgan fingerprint density at radius 3 is 2.85 bits per heavy atom. The lowest BCUT2D eigenvalue weighted by atomic mass is 10.5. The summed E-state index contributed by atoms with van der Waals surface area (Å²) in [5.41, 5.74) is 0.0643. The van der Waals surface area contributed by atoms with Crippen molar-refractivity contribution in [2.24, 2.45) is 0 Å². The van der Waals surface area contributed by atoms with Gasteiger partial charge in [-0.25, -0.2) is 18.3 Å². The molecular weight excluding hydrogens is 200 g/mol. The van der Waals surface area contributed by atoms with E-state index in [0.717, 1.165) is 6.20 Å². The Morgan fingerprint density at radius 1 is 1.38 bits per heavy atom. The predicted molar refractivity (Wildman–Crippen MR) is 43.0 cm³/mol. The largest absolute Gasteiger partial charge is 0.281 e. The van der Waals surface area contributed by atoms with E-state index in [-0.39, 0.29) is 10.8 Å². The lowest BCUT2D eigenvalue weighted by molar-refractivity contribution is 0.146. The Balaban J connectivity index is 2.62. The molecule has 0 amide bonds. The molecule has 13 heavy (non-hydrogen) atoms. The molecule has 0 aliphatic heterocycles. The van der Waals surface area contributed by atoms with E-state index in [2.05, 4.69) is 10.1 Å². The van der Waals surface area contributed by atoms with Crippen molar-refractivity contribution in [1.29, 1.82) is 0 Å². The van der Waals surface area contributed by atoms with Gasteiger partial charge in [0.1, 0.15) is 10.8 Å². The number of nitrogens with zero attached hydrogens (tertiary/aromatic N) is 3. The van der Waals surface area contributed by atoms with E-state index < -0.39 is 6.43 Å². The summed E-state index contributed by atoms with van der Waals surface area (Å²) in [5.74, 6) is 0. The van der Waals surface area contributed by atoms with Crippen LogP contribution in [0.3, 0.4) is 0 Å². The fourth-order valence-electron chi connectivity index (χ4n) is 0.982. The fraction of sp³-hybridized carbons (Fsp3) is 0.143. The van der Waals surface area contributed by atoms with E-state index in [1.807, 2.05) is 0 Å². The topological polar surface area (TPSA) is 30.2 Å². The van der Waals surface area contributed by atoms with E-state index in [4.69, 9.17) is 11.6 Å². The molecule has 0 spiro atoms. The Morgan fingerprint density at radius 2 is 2.15 bits per heavy atom. The van der Waals surface area contributed by atoms with Crippen molar-refractivity contribution < 1.29 is 8.78 Å². The molecule has 3 nitrogen and oxygen atoms in total. The zero-order chi connectivity index (χ0) is 9.42. The summed E-state index contributed by atoms with van der Waals surface area (Å²) in [6.45, 7) is 0. The minimum atomic E-state index is -2.58. The summed E-state index contributed by atoms with van der Waals surface area (Å²) >= 11 is 5.56. The Labute approximate surface area is 77.0 Å². The average Bonchev–Trinajstić information content (AvgIpc) is 2.46. The van der Waals surface area contributed by atoms with Crippen molar-refractivity contribution in [3.8, 4) is 0 Å². The number of halogens is 3. The monoisotopic (exact) mass is 203 g/mol. The maximum absolute atomic E-state index is 12.2. The number of imidazole rings is 1. The van der Waals surface area contributed by atoms with Gasteiger partial charge in [-0.2, -0.15) is 5.10 Å². The molecule has 2 aromatic rings. The Hall–Kier alpha value is -1.23. The highest BCUT2D eigenvalue weighted by Gasteiger charge is 2.11. The first kappa shape index (κ1) is 8.37. The van der Waals surface area contributed by atoms with Gasteiger partial charge < -0.3 is 0 Å². The van der Waals surface area contributed by atoms with Crippen LogP contribution in [0.4, 0.5) is 8.78 Å². The third-order valence-corrected chi connectivity index (χ3v) is 1.73. The first-order valence-corrected chi connectivity index (χ1v) is 3.84. The second-order valence-corrected chi connectivity index (χ2v) is 2.81. The number of hydrogen-bond acceptors (Lipinski definition) is 2. The van der Waals surface area contributed by atoms with Crippen LogP contribution < -0.4 is 0 Å². The van der Waals surface area contributed by atoms with Gasteiger partial charge in [0, 0.05) is 0 Å². The lowest BCUT2D eigenvalue weighted by Gasteiger charge is -1.90. The summed E-state index contributed by atoms with van der Waals surface area (Å²) < 4.78 is 25.6. The Bertz CT molecular complexity index is 440. The van der Waals surface area contributed by atoms with Gasteiger partial charge in [0.25, 0.3) is 6.43 Å². The molecular formula is C7H4ClF2N3. The molecule has 6 heteroatoms. The highest BCUT2D eigenvalue weighted by Crippen LogP contribution is 2.18. The van der Waals surface area contributed by atoms with Gasteiger partial charge in [0.15, 0.2) is 5.65 Å². The fourth-order valence-corrected chi connectivity index (χ4v) is 1.13. The van der Waals surface area contributed by atoms with Gasteiger partial charge in [0.2, 0.25) is 0 Å². The van der Waals surface area contributed by atoms with Crippen LogP contribution in [-0.2, 0) is 0 Å². The van der Waals surface area contributed by atoms with E-state index in [9.17, 15) is 8.78 Å². The third kappa shape index (κ3) is 1.47.